The van der Waals surface area contributed by atoms with Crippen LogP contribution >= 0.6 is 0 Å². The van der Waals surface area contributed by atoms with Gasteiger partial charge in [-0.25, -0.2) is 14.6 Å². The lowest BCUT2D eigenvalue weighted by molar-refractivity contribution is 0.0680. The van der Waals surface area contributed by atoms with Crippen molar-refractivity contribution in [1.29, 1.82) is 0 Å². The summed E-state index contributed by atoms with van der Waals surface area (Å²) in [6, 6.07) is 0. The van der Waals surface area contributed by atoms with Gasteiger partial charge in [-0.1, -0.05) is 0 Å². The fourth-order valence-corrected chi connectivity index (χ4v) is 1.73. The van der Waals surface area contributed by atoms with Crippen LogP contribution in [0.2, 0.25) is 0 Å². The molecule has 8 heteroatoms. The third-order valence-electron chi connectivity index (χ3n) is 2.52. The van der Waals surface area contributed by atoms with Gasteiger partial charge in [-0.2, -0.15) is 0 Å². The number of carbonyl (C=O) groups is 1. The number of aromatic nitrogens is 4. The molecule has 0 radical (unpaired) electrons. The van der Waals surface area contributed by atoms with Crippen molar-refractivity contribution >= 4 is 17.1 Å². The maximum Gasteiger partial charge on any atom is 0.372 e. The van der Waals surface area contributed by atoms with Crippen LogP contribution in [0.4, 0.5) is 0 Å². The second-order valence-electron chi connectivity index (χ2n) is 3.48. The van der Waals surface area contributed by atoms with Gasteiger partial charge in [0.2, 0.25) is 5.82 Å². The molecule has 90 valence electrons. The van der Waals surface area contributed by atoms with E-state index in [1.165, 1.54) is 11.6 Å². The van der Waals surface area contributed by atoms with Crippen LogP contribution in [0.3, 0.4) is 0 Å². The van der Waals surface area contributed by atoms with Gasteiger partial charge in [0.25, 0.3) is 5.56 Å². The number of aryl methyl sites for hydroxylation is 2. The van der Waals surface area contributed by atoms with Gasteiger partial charge in [0.05, 0.1) is 0 Å². The molecule has 0 saturated carbocycles. The molecule has 0 aromatic carbocycles. The molecule has 0 atom stereocenters. The molecule has 2 rings (SSSR count). The number of carboxylic acids is 1. The highest BCUT2D eigenvalue weighted by Gasteiger charge is 2.19. The molecule has 2 heterocycles. The molecule has 0 aliphatic carbocycles. The predicted molar refractivity (Wildman–Crippen MR) is 58.2 cm³/mol. The summed E-state index contributed by atoms with van der Waals surface area (Å²) in [7, 11) is 1.42. The summed E-state index contributed by atoms with van der Waals surface area (Å²) < 4.78 is 2.37. The molecular weight excluding hydrogens is 228 g/mol. The number of hydrogen-bond acceptors (Lipinski definition) is 4. The van der Waals surface area contributed by atoms with Crippen LogP contribution in [-0.4, -0.2) is 30.2 Å². The smallest absolute Gasteiger partial charge is 0.372 e. The third kappa shape index (κ3) is 1.45. The molecule has 2 N–H and O–H groups in total. The fraction of sp³-hybridized carbons (Fsp3) is 0.333. The lowest BCUT2D eigenvalue weighted by Gasteiger charge is -2.01. The monoisotopic (exact) mass is 238 g/mol. The van der Waals surface area contributed by atoms with E-state index >= 15 is 0 Å². The Morgan fingerprint density at radius 3 is 2.65 bits per heavy atom. The summed E-state index contributed by atoms with van der Waals surface area (Å²) in [4.78, 5) is 39.9. The molecule has 2 aromatic heterocycles. The van der Waals surface area contributed by atoms with Crippen molar-refractivity contribution in [2.75, 3.05) is 0 Å². The van der Waals surface area contributed by atoms with Crippen molar-refractivity contribution in [3.05, 3.63) is 26.7 Å². The lowest BCUT2D eigenvalue weighted by Crippen LogP contribution is -2.30. The summed E-state index contributed by atoms with van der Waals surface area (Å²) in [6.07, 6.45) is 0. The first-order chi connectivity index (χ1) is 7.97. The lowest BCUT2D eigenvalue weighted by atomic mass is 10.5. The molecule has 0 saturated heterocycles. The van der Waals surface area contributed by atoms with Crippen molar-refractivity contribution < 1.29 is 9.90 Å². The van der Waals surface area contributed by atoms with Gasteiger partial charge in [-0.05, 0) is 6.92 Å². The first kappa shape index (κ1) is 11.1. The minimum Gasteiger partial charge on any atom is -0.475 e. The average molecular weight is 238 g/mol. The highest BCUT2D eigenvalue weighted by molar-refractivity contribution is 5.88. The number of aromatic amines is 1. The maximum absolute atomic E-state index is 11.6. The standard InChI is InChI=1S/C9H10N4O4/c1-3-13-5-4(7(14)11-9(13)17)12(2)6(10-5)8(15)16/h3H2,1-2H3,(H,15,16)(H,11,14,17). The largest absolute Gasteiger partial charge is 0.475 e. The maximum atomic E-state index is 11.6. The Morgan fingerprint density at radius 1 is 1.47 bits per heavy atom. The number of aromatic carboxylic acids is 1. The van der Waals surface area contributed by atoms with E-state index in [0.717, 1.165) is 4.57 Å². The average Bonchev–Trinajstić information content (AvgIpc) is 2.57. The quantitative estimate of drug-likeness (QED) is 0.707. The van der Waals surface area contributed by atoms with Crippen molar-refractivity contribution in [3.63, 3.8) is 0 Å². The Hall–Kier alpha value is -2.38. The molecule has 0 amide bonds. The van der Waals surface area contributed by atoms with E-state index in [0.29, 0.717) is 6.54 Å². The van der Waals surface area contributed by atoms with Crippen molar-refractivity contribution in [3.8, 4) is 0 Å². The van der Waals surface area contributed by atoms with Gasteiger partial charge in [0, 0.05) is 13.6 Å². The Morgan fingerprint density at radius 2 is 2.12 bits per heavy atom. The number of nitrogens with one attached hydrogen (secondary N) is 1. The molecule has 0 unspecified atom stereocenters. The zero-order valence-electron chi connectivity index (χ0n) is 9.22. The SMILES string of the molecule is CCn1c(=O)[nH]c(=O)c2c1nc(C(=O)O)n2C. The number of rotatable bonds is 2. The number of nitrogens with zero attached hydrogens (tertiary/aromatic N) is 3. The van der Waals surface area contributed by atoms with Crippen LogP contribution in [0, 0.1) is 0 Å². The summed E-state index contributed by atoms with van der Waals surface area (Å²) in [5, 5.41) is 8.91. The second-order valence-corrected chi connectivity index (χ2v) is 3.48. The van der Waals surface area contributed by atoms with Gasteiger partial charge in [-0.15, -0.1) is 0 Å². The zero-order valence-corrected chi connectivity index (χ0v) is 9.22. The van der Waals surface area contributed by atoms with Crippen molar-refractivity contribution in [2.24, 2.45) is 7.05 Å². The van der Waals surface area contributed by atoms with Crippen LogP contribution in [0.25, 0.3) is 11.2 Å². The van der Waals surface area contributed by atoms with E-state index < -0.39 is 17.2 Å². The topological polar surface area (TPSA) is 110 Å². The molecule has 8 nitrogen and oxygen atoms in total. The van der Waals surface area contributed by atoms with Gasteiger partial charge in [0.1, 0.15) is 0 Å². The first-order valence-electron chi connectivity index (χ1n) is 4.90. The molecule has 0 fully saturated rings. The summed E-state index contributed by atoms with van der Waals surface area (Å²) >= 11 is 0. The molecule has 2 aromatic rings. The second kappa shape index (κ2) is 3.58. The van der Waals surface area contributed by atoms with Crippen LogP contribution in [0.5, 0.6) is 0 Å². The van der Waals surface area contributed by atoms with Crippen LogP contribution < -0.4 is 11.2 Å². The number of hydrogen-bond donors (Lipinski definition) is 2. The van der Waals surface area contributed by atoms with E-state index in [-0.39, 0.29) is 17.0 Å². The van der Waals surface area contributed by atoms with Crippen molar-refractivity contribution in [1.82, 2.24) is 19.1 Å². The van der Waals surface area contributed by atoms with E-state index in [1.54, 1.807) is 6.92 Å². The molecule has 0 bridgehead atoms. The number of carboxylic acid groups (broad SMARTS) is 1. The Balaban J connectivity index is 3.05. The number of fused-ring (bicyclic) bond motifs is 1. The summed E-state index contributed by atoms with van der Waals surface area (Å²) in [5.74, 6) is -1.53. The van der Waals surface area contributed by atoms with Crippen molar-refractivity contribution in [2.45, 2.75) is 13.5 Å². The third-order valence-corrected chi connectivity index (χ3v) is 2.52. The van der Waals surface area contributed by atoms with E-state index in [4.69, 9.17) is 5.11 Å². The van der Waals surface area contributed by atoms with Crippen LogP contribution in [0.15, 0.2) is 9.59 Å². The van der Waals surface area contributed by atoms with Crippen LogP contribution in [-0.2, 0) is 13.6 Å². The van der Waals surface area contributed by atoms with Gasteiger partial charge >= 0.3 is 11.7 Å². The molecule has 17 heavy (non-hydrogen) atoms. The predicted octanol–water partition coefficient (Wildman–Crippen LogP) is -0.859. The Labute approximate surface area is 94.1 Å². The van der Waals surface area contributed by atoms with E-state index in [2.05, 4.69) is 9.97 Å². The fourth-order valence-electron chi connectivity index (χ4n) is 1.73. The normalized spacial score (nSPS) is 10.9. The Kier molecular flexibility index (Phi) is 2.34. The molecule has 0 aliphatic heterocycles. The number of H-pyrrole nitrogens is 1. The highest BCUT2D eigenvalue weighted by Crippen LogP contribution is 2.08. The number of imidazole rings is 1. The van der Waals surface area contributed by atoms with E-state index in [9.17, 15) is 14.4 Å². The summed E-state index contributed by atoms with van der Waals surface area (Å²) in [6.45, 7) is 2.00. The van der Waals surface area contributed by atoms with Gasteiger partial charge in [0.15, 0.2) is 11.2 Å². The summed E-state index contributed by atoms with van der Waals surface area (Å²) in [5.41, 5.74) is -1.08. The van der Waals surface area contributed by atoms with Crippen LogP contribution in [0.1, 0.15) is 17.5 Å². The molecule has 0 aliphatic rings. The minimum atomic E-state index is -1.25. The molecule has 0 spiro atoms. The first-order valence-corrected chi connectivity index (χ1v) is 4.90. The van der Waals surface area contributed by atoms with E-state index in [1.807, 2.05) is 0 Å². The Bertz CT molecular complexity index is 721. The van der Waals surface area contributed by atoms with Gasteiger partial charge < -0.3 is 9.67 Å². The van der Waals surface area contributed by atoms with Gasteiger partial charge in [-0.3, -0.25) is 14.3 Å². The highest BCUT2D eigenvalue weighted by atomic mass is 16.4. The minimum absolute atomic E-state index is 0.0730. The molecular formula is C9H10N4O4. The zero-order chi connectivity index (χ0) is 12.7.